The monoisotopic (exact) mass is 443 g/mol. The number of nitrogens with zero attached hydrogens (tertiary/aromatic N) is 4. The molecule has 4 rings (SSSR count). The summed E-state index contributed by atoms with van der Waals surface area (Å²) in [6.45, 7) is 6.88. The molecular weight excluding hydrogens is 414 g/mol. The summed E-state index contributed by atoms with van der Waals surface area (Å²) in [5.41, 5.74) is 1.55. The molecule has 2 aromatic heterocycles. The lowest BCUT2D eigenvalue weighted by atomic mass is 10.1. The smallest absolute Gasteiger partial charge is 0.410 e. The summed E-state index contributed by atoms with van der Waals surface area (Å²) in [7, 11) is 0. The van der Waals surface area contributed by atoms with Gasteiger partial charge in [-0.25, -0.2) is 14.8 Å². The number of anilines is 3. The van der Waals surface area contributed by atoms with E-state index in [4.69, 9.17) is 9.47 Å². The number of thioether (sulfide) groups is 1. The van der Waals surface area contributed by atoms with Crippen LogP contribution in [0, 0.1) is 0 Å². The predicted molar refractivity (Wildman–Crippen MR) is 123 cm³/mol. The van der Waals surface area contributed by atoms with Crippen molar-refractivity contribution >= 4 is 35.0 Å². The van der Waals surface area contributed by atoms with E-state index < -0.39 is 5.60 Å². The fourth-order valence-corrected chi connectivity index (χ4v) is 4.35. The number of pyridine rings is 2. The summed E-state index contributed by atoms with van der Waals surface area (Å²) in [6.07, 6.45) is 6.96. The molecular formula is C22H29N5O3S. The maximum absolute atomic E-state index is 12.2. The first kappa shape index (κ1) is 21.5. The average Bonchev–Trinajstić information content (AvgIpc) is 3.12. The van der Waals surface area contributed by atoms with E-state index in [1.165, 1.54) is 0 Å². The van der Waals surface area contributed by atoms with E-state index >= 15 is 0 Å². The minimum absolute atomic E-state index is 0.0341. The molecule has 1 unspecified atom stereocenters. The van der Waals surface area contributed by atoms with Crippen molar-refractivity contribution in [2.24, 2.45) is 0 Å². The van der Waals surface area contributed by atoms with Crippen molar-refractivity contribution in [2.75, 3.05) is 29.6 Å². The molecule has 166 valence electrons. The van der Waals surface area contributed by atoms with Gasteiger partial charge in [-0.3, -0.25) is 4.90 Å². The van der Waals surface area contributed by atoms with Crippen LogP contribution in [0.1, 0.15) is 33.6 Å². The molecule has 0 saturated carbocycles. The topological polar surface area (TPSA) is 79.8 Å². The highest BCUT2D eigenvalue weighted by Crippen LogP contribution is 2.40. The van der Waals surface area contributed by atoms with Gasteiger partial charge in [-0.2, -0.15) is 0 Å². The normalized spacial score (nSPS) is 19.0. The number of hydrogen-bond donors (Lipinski definition) is 1. The van der Waals surface area contributed by atoms with Crippen molar-refractivity contribution in [1.29, 1.82) is 0 Å². The highest BCUT2D eigenvalue weighted by molar-refractivity contribution is 7.99. The van der Waals surface area contributed by atoms with Gasteiger partial charge in [0.05, 0.1) is 17.6 Å². The number of hydrogen-bond acceptors (Lipinski definition) is 8. The van der Waals surface area contributed by atoms with Crippen molar-refractivity contribution in [2.45, 2.75) is 50.8 Å². The minimum Gasteiger partial charge on any atom is -0.474 e. The lowest BCUT2D eigenvalue weighted by molar-refractivity contribution is 0.0123. The molecule has 0 aromatic carbocycles. The largest absolute Gasteiger partial charge is 0.474 e. The van der Waals surface area contributed by atoms with Crippen molar-refractivity contribution in [1.82, 2.24) is 14.9 Å². The summed E-state index contributed by atoms with van der Waals surface area (Å²) >= 11 is 1.70. The van der Waals surface area contributed by atoms with Gasteiger partial charge in [-0.15, -0.1) is 11.8 Å². The Morgan fingerprint density at radius 3 is 2.61 bits per heavy atom. The molecule has 1 N–H and O–H groups in total. The van der Waals surface area contributed by atoms with E-state index in [2.05, 4.69) is 26.4 Å². The Labute approximate surface area is 187 Å². The molecule has 2 aromatic rings. The van der Waals surface area contributed by atoms with Crippen molar-refractivity contribution < 1.29 is 14.3 Å². The van der Waals surface area contributed by atoms with Crippen LogP contribution < -0.4 is 15.0 Å². The molecule has 8 nitrogen and oxygen atoms in total. The average molecular weight is 444 g/mol. The second-order valence-electron chi connectivity index (χ2n) is 8.62. The van der Waals surface area contributed by atoms with Gasteiger partial charge in [-0.05, 0) is 45.2 Å². The molecule has 0 spiro atoms. The van der Waals surface area contributed by atoms with Gasteiger partial charge < -0.3 is 19.7 Å². The Bertz CT molecular complexity index is 910. The third kappa shape index (κ3) is 4.98. The van der Waals surface area contributed by atoms with Gasteiger partial charge in [0, 0.05) is 38.2 Å². The second-order valence-corrected chi connectivity index (χ2v) is 9.53. The third-order valence-corrected chi connectivity index (χ3v) is 5.91. The molecule has 0 bridgehead atoms. The van der Waals surface area contributed by atoms with Gasteiger partial charge in [0.15, 0.2) is 11.3 Å². The number of nitrogens with one attached hydrogen (secondary N) is 1. The first-order chi connectivity index (χ1) is 14.8. The summed E-state index contributed by atoms with van der Waals surface area (Å²) in [5.74, 6) is 1.49. The van der Waals surface area contributed by atoms with Gasteiger partial charge in [-0.1, -0.05) is 0 Å². The molecule has 1 atom stereocenters. The standard InChI is InChI=1S/C22H29N5O3S/c1-22(2,3)30-21(28)26-12-9-16(10-13-26)29-18-8-7-15(14-24-18)27-19-17(6-5-11-23-19)25-20(27)31-4/h5-8,11,14,16,20,25H,9-10,12-13H2,1-4H3. The maximum atomic E-state index is 12.2. The molecule has 1 fully saturated rings. The van der Waals surface area contributed by atoms with Crippen molar-refractivity contribution in [3.05, 3.63) is 36.7 Å². The van der Waals surface area contributed by atoms with E-state index in [0.717, 1.165) is 30.0 Å². The number of likely N-dealkylation sites (tertiary alicyclic amines) is 1. The van der Waals surface area contributed by atoms with Crippen LogP contribution in [-0.2, 0) is 4.74 Å². The molecule has 2 aliphatic rings. The molecule has 0 aliphatic carbocycles. The quantitative estimate of drug-likeness (QED) is 0.742. The highest BCUT2D eigenvalue weighted by Gasteiger charge is 2.31. The van der Waals surface area contributed by atoms with Crippen LogP contribution in [0.4, 0.5) is 22.0 Å². The van der Waals surface area contributed by atoms with Crippen LogP contribution in [0.15, 0.2) is 36.7 Å². The molecule has 0 radical (unpaired) electrons. The molecule has 31 heavy (non-hydrogen) atoms. The van der Waals surface area contributed by atoms with Gasteiger partial charge >= 0.3 is 6.09 Å². The number of fused-ring (bicyclic) bond motifs is 1. The summed E-state index contributed by atoms with van der Waals surface area (Å²) in [5, 5.41) is 3.47. The lowest BCUT2D eigenvalue weighted by Gasteiger charge is -2.33. The Hall–Kier alpha value is -2.68. The van der Waals surface area contributed by atoms with Crippen LogP contribution in [0.25, 0.3) is 0 Å². The first-order valence-electron chi connectivity index (χ1n) is 10.5. The number of aromatic nitrogens is 2. The van der Waals surface area contributed by atoms with E-state index in [1.54, 1.807) is 22.9 Å². The van der Waals surface area contributed by atoms with E-state index in [9.17, 15) is 4.79 Å². The summed E-state index contributed by atoms with van der Waals surface area (Å²) in [6, 6.07) is 7.86. The Morgan fingerprint density at radius 1 is 1.19 bits per heavy atom. The predicted octanol–water partition coefficient (Wildman–Crippen LogP) is 4.47. The van der Waals surface area contributed by atoms with Crippen LogP contribution in [-0.4, -0.2) is 57.5 Å². The number of carbonyl (C=O) groups is 1. The Balaban J connectivity index is 1.35. The third-order valence-electron chi connectivity index (χ3n) is 5.13. The Morgan fingerprint density at radius 2 is 1.97 bits per heavy atom. The zero-order valence-corrected chi connectivity index (χ0v) is 19.2. The zero-order valence-electron chi connectivity index (χ0n) is 18.4. The van der Waals surface area contributed by atoms with Gasteiger partial charge in [0.2, 0.25) is 5.88 Å². The maximum Gasteiger partial charge on any atom is 0.410 e. The van der Waals surface area contributed by atoms with Gasteiger partial charge in [0.1, 0.15) is 11.7 Å². The number of ether oxygens (including phenoxy) is 2. The van der Waals surface area contributed by atoms with E-state index in [-0.39, 0.29) is 17.7 Å². The van der Waals surface area contributed by atoms with Crippen molar-refractivity contribution in [3.8, 4) is 5.88 Å². The van der Waals surface area contributed by atoms with Crippen LogP contribution in [0.5, 0.6) is 5.88 Å². The Kier molecular flexibility index (Phi) is 6.13. The molecule has 1 amide bonds. The SMILES string of the molecule is CSC1Nc2cccnc2N1c1ccc(OC2CCN(C(=O)OC(C)(C)C)CC2)nc1. The zero-order chi connectivity index (χ0) is 22.0. The van der Waals surface area contributed by atoms with E-state index in [1.807, 2.05) is 51.2 Å². The number of carbonyl (C=O) groups excluding carboxylic acids is 1. The van der Waals surface area contributed by atoms with Crippen LogP contribution in [0.3, 0.4) is 0 Å². The number of piperidine rings is 1. The molecule has 2 aliphatic heterocycles. The lowest BCUT2D eigenvalue weighted by Crippen LogP contribution is -2.44. The fourth-order valence-electron chi connectivity index (χ4n) is 3.67. The first-order valence-corrected chi connectivity index (χ1v) is 11.8. The van der Waals surface area contributed by atoms with Crippen LogP contribution >= 0.6 is 11.8 Å². The molecule has 9 heteroatoms. The number of rotatable bonds is 4. The van der Waals surface area contributed by atoms with Gasteiger partial charge in [0.25, 0.3) is 0 Å². The molecule has 1 saturated heterocycles. The highest BCUT2D eigenvalue weighted by atomic mass is 32.2. The summed E-state index contributed by atoms with van der Waals surface area (Å²) < 4.78 is 11.5. The minimum atomic E-state index is -0.480. The van der Waals surface area contributed by atoms with Crippen molar-refractivity contribution in [3.63, 3.8) is 0 Å². The number of amides is 1. The van der Waals surface area contributed by atoms with Crippen LogP contribution in [0.2, 0.25) is 0 Å². The molecule has 4 heterocycles. The second kappa shape index (κ2) is 8.82. The van der Waals surface area contributed by atoms with E-state index in [0.29, 0.717) is 19.0 Å². The fraction of sp³-hybridized carbons (Fsp3) is 0.500. The summed E-state index contributed by atoms with van der Waals surface area (Å²) in [4.78, 5) is 25.1.